The molecule has 1 saturated heterocycles. The zero-order valence-electron chi connectivity index (χ0n) is 8.57. The first-order valence-electron chi connectivity index (χ1n) is 4.79. The normalized spacial score (nSPS) is 19.5. The summed E-state index contributed by atoms with van der Waals surface area (Å²) in [4.78, 5) is 16.9. The highest BCUT2D eigenvalue weighted by Crippen LogP contribution is 1.98. The van der Waals surface area contributed by atoms with E-state index in [9.17, 15) is 4.79 Å². The largest absolute Gasteiger partial charge is 0.343 e. The molecule has 13 heavy (non-hydrogen) atoms. The van der Waals surface area contributed by atoms with Crippen molar-refractivity contribution in [1.82, 2.24) is 14.7 Å². The summed E-state index contributed by atoms with van der Waals surface area (Å²) in [5.74, 6) is 0. The van der Waals surface area contributed by atoms with Crippen LogP contribution in [-0.4, -0.2) is 74.5 Å². The van der Waals surface area contributed by atoms with Crippen molar-refractivity contribution in [3.63, 3.8) is 0 Å². The van der Waals surface area contributed by atoms with Gasteiger partial charge in [-0.15, -0.1) is 0 Å². The van der Waals surface area contributed by atoms with Gasteiger partial charge in [-0.1, -0.05) is 0 Å². The molecule has 0 N–H and O–H groups in total. The zero-order chi connectivity index (χ0) is 9.68. The van der Waals surface area contributed by atoms with Gasteiger partial charge in [-0.2, -0.15) is 0 Å². The Morgan fingerprint density at radius 3 is 2.31 bits per heavy atom. The summed E-state index contributed by atoms with van der Waals surface area (Å²) in [6, 6.07) is 0. The summed E-state index contributed by atoms with van der Waals surface area (Å²) in [5.41, 5.74) is 0. The molecule has 0 aromatic rings. The van der Waals surface area contributed by atoms with Crippen LogP contribution in [0, 0.1) is 0 Å². The highest BCUT2D eigenvalue weighted by molar-refractivity contribution is 5.47. The van der Waals surface area contributed by atoms with Gasteiger partial charge in [0, 0.05) is 39.3 Å². The van der Waals surface area contributed by atoms with Gasteiger partial charge in [-0.3, -0.25) is 9.69 Å². The molecule has 0 unspecified atom stereocenters. The molecule has 0 saturated carbocycles. The number of rotatable bonds is 4. The molecule has 1 fully saturated rings. The Labute approximate surface area is 80.1 Å². The van der Waals surface area contributed by atoms with Crippen molar-refractivity contribution in [2.45, 2.75) is 0 Å². The lowest BCUT2D eigenvalue weighted by Gasteiger charge is -2.32. The van der Waals surface area contributed by atoms with E-state index in [0.717, 1.165) is 45.7 Å². The molecule has 1 aliphatic heterocycles. The summed E-state index contributed by atoms with van der Waals surface area (Å²) in [6.45, 7) is 6.02. The quantitative estimate of drug-likeness (QED) is 0.543. The predicted molar refractivity (Wildman–Crippen MR) is 52.6 cm³/mol. The van der Waals surface area contributed by atoms with Crippen LogP contribution in [0.4, 0.5) is 0 Å². The third kappa shape index (κ3) is 3.74. The van der Waals surface area contributed by atoms with Crippen LogP contribution in [0.1, 0.15) is 0 Å². The van der Waals surface area contributed by atoms with E-state index in [2.05, 4.69) is 23.9 Å². The van der Waals surface area contributed by atoms with Crippen molar-refractivity contribution in [1.29, 1.82) is 0 Å². The summed E-state index contributed by atoms with van der Waals surface area (Å²) < 4.78 is 0. The Morgan fingerprint density at radius 2 is 1.85 bits per heavy atom. The third-order valence-electron chi connectivity index (χ3n) is 2.42. The second-order valence-electron chi connectivity index (χ2n) is 3.79. The molecule has 0 bridgehead atoms. The zero-order valence-corrected chi connectivity index (χ0v) is 8.57. The van der Waals surface area contributed by atoms with E-state index in [1.54, 1.807) is 0 Å². The van der Waals surface area contributed by atoms with Gasteiger partial charge in [0.05, 0.1) is 0 Å². The van der Waals surface area contributed by atoms with E-state index in [1.807, 2.05) is 4.90 Å². The second kappa shape index (κ2) is 5.19. The molecule has 1 heterocycles. The number of carbonyl (C=O) groups is 1. The fraction of sp³-hybridized carbons (Fsp3) is 0.889. The van der Waals surface area contributed by atoms with E-state index in [1.165, 1.54) is 0 Å². The molecule has 0 aromatic carbocycles. The number of nitrogens with zero attached hydrogens (tertiary/aromatic N) is 3. The van der Waals surface area contributed by atoms with Gasteiger partial charge in [0.1, 0.15) is 0 Å². The molecule has 0 atom stereocenters. The number of piperazine rings is 1. The van der Waals surface area contributed by atoms with Gasteiger partial charge < -0.3 is 9.80 Å². The lowest BCUT2D eigenvalue weighted by Crippen LogP contribution is -2.47. The Bertz CT molecular complexity index is 153. The number of carbonyl (C=O) groups excluding carboxylic acids is 1. The van der Waals surface area contributed by atoms with Crippen molar-refractivity contribution in [2.75, 3.05) is 53.4 Å². The van der Waals surface area contributed by atoms with E-state index < -0.39 is 0 Å². The van der Waals surface area contributed by atoms with Crippen LogP contribution in [0.5, 0.6) is 0 Å². The van der Waals surface area contributed by atoms with Crippen LogP contribution in [0.2, 0.25) is 0 Å². The third-order valence-corrected chi connectivity index (χ3v) is 2.42. The first-order chi connectivity index (χ1) is 6.22. The lowest BCUT2D eigenvalue weighted by atomic mass is 10.3. The van der Waals surface area contributed by atoms with Crippen molar-refractivity contribution in [3.8, 4) is 0 Å². The van der Waals surface area contributed by atoms with E-state index in [-0.39, 0.29) is 0 Å². The molecule has 0 aromatic heterocycles. The van der Waals surface area contributed by atoms with Gasteiger partial charge >= 0.3 is 0 Å². The highest BCUT2D eigenvalue weighted by atomic mass is 16.1. The Hall–Kier alpha value is -0.610. The van der Waals surface area contributed by atoms with Crippen molar-refractivity contribution < 1.29 is 4.79 Å². The van der Waals surface area contributed by atoms with Crippen molar-refractivity contribution in [2.24, 2.45) is 0 Å². The Kier molecular flexibility index (Phi) is 4.18. The minimum atomic E-state index is 0.886. The van der Waals surface area contributed by atoms with Gasteiger partial charge in [0.2, 0.25) is 6.41 Å². The number of likely N-dealkylation sites (N-methyl/N-ethyl adjacent to an activating group) is 1. The maximum atomic E-state index is 10.4. The monoisotopic (exact) mass is 185 g/mol. The first-order valence-corrected chi connectivity index (χ1v) is 4.79. The fourth-order valence-corrected chi connectivity index (χ4v) is 1.43. The Balaban J connectivity index is 2.14. The smallest absolute Gasteiger partial charge is 0.209 e. The first kappa shape index (κ1) is 10.5. The van der Waals surface area contributed by atoms with E-state index >= 15 is 0 Å². The molecular weight excluding hydrogens is 166 g/mol. The average molecular weight is 185 g/mol. The van der Waals surface area contributed by atoms with Gasteiger partial charge in [-0.25, -0.2) is 0 Å². The molecule has 76 valence electrons. The molecule has 4 nitrogen and oxygen atoms in total. The minimum Gasteiger partial charge on any atom is -0.343 e. The van der Waals surface area contributed by atoms with Crippen LogP contribution >= 0.6 is 0 Å². The van der Waals surface area contributed by atoms with Gasteiger partial charge in [0.15, 0.2) is 0 Å². The summed E-state index contributed by atoms with van der Waals surface area (Å²) in [6.07, 6.45) is 0.948. The van der Waals surface area contributed by atoms with Crippen molar-refractivity contribution >= 4 is 6.41 Å². The predicted octanol–water partition coefficient (Wildman–Crippen LogP) is -0.678. The molecule has 0 aliphatic carbocycles. The molecule has 4 heteroatoms. The van der Waals surface area contributed by atoms with Crippen LogP contribution in [0.25, 0.3) is 0 Å². The number of hydrogen-bond acceptors (Lipinski definition) is 3. The summed E-state index contributed by atoms with van der Waals surface area (Å²) in [7, 11) is 4.17. The molecule has 1 amide bonds. The van der Waals surface area contributed by atoms with Crippen LogP contribution in [0.3, 0.4) is 0 Å². The van der Waals surface area contributed by atoms with Gasteiger partial charge in [-0.05, 0) is 14.1 Å². The molecule has 0 radical (unpaired) electrons. The molecule has 0 spiro atoms. The maximum Gasteiger partial charge on any atom is 0.209 e. The maximum absolute atomic E-state index is 10.4. The van der Waals surface area contributed by atoms with Crippen LogP contribution < -0.4 is 0 Å². The van der Waals surface area contributed by atoms with E-state index in [4.69, 9.17) is 0 Å². The topological polar surface area (TPSA) is 26.8 Å². The minimum absolute atomic E-state index is 0.886. The fourth-order valence-electron chi connectivity index (χ4n) is 1.43. The molecule has 1 aliphatic rings. The average Bonchev–Trinajstić information content (AvgIpc) is 2.15. The number of amides is 1. The lowest BCUT2D eigenvalue weighted by molar-refractivity contribution is -0.119. The summed E-state index contributed by atoms with van der Waals surface area (Å²) >= 11 is 0. The van der Waals surface area contributed by atoms with Crippen LogP contribution in [-0.2, 0) is 4.79 Å². The number of hydrogen-bond donors (Lipinski definition) is 0. The standard InChI is InChI=1S/C9H19N3O/c1-10(2)3-4-11-5-7-12(9-13)8-6-11/h9H,3-8H2,1-2H3. The molecule has 1 rings (SSSR count). The Morgan fingerprint density at radius 1 is 1.23 bits per heavy atom. The molecular formula is C9H19N3O. The highest BCUT2D eigenvalue weighted by Gasteiger charge is 2.14. The SMILES string of the molecule is CN(C)CCN1CCN(C=O)CC1. The van der Waals surface area contributed by atoms with Gasteiger partial charge in [0.25, 0.3) is 0 Å². The van der Waals surface area contributed by atoms with Crippen molar-refractivity contribution in [3.05, 3.63) is 0 Å². The summed E-state index contributed by atoms with van der Waals surface area (Å²) in [5, 5.41) is 0. The van der Waals surface area contributed by atoms with Crippen LogP contribution in [0.15, 0.2) is 0 Å². The second-order valence-corrected chi connectivity index (χ2v) is 3.79. The van der Waals surface area contributed by atoms with E-state index in [0.29, 0.717) is 0 Å².